The van der Waals surface area contributed by atoms with Crippen LogP contribution in [0.1, 0.15) is 65.2 Å². The van der Waals surface area contributed by atoms with Crippen LogP contribution in [0.25, 0.3) is 0 Å². The number of Topliss-reactive ketones (excluding diaryl/α,β-unsaturated/α-hetero) is 1. The van der Waals surface area contributed by atoms with Crippen molar-refractivity contribution in [1.82, 2.24) is 9.55 Å². The Bertz CT molecular complexity index is 1050. The number of carbonyl (C=O) groups excluding carboxylic acids is 2. The van der Waals surface area contributed by atoms with Gasteiger partial charge in [-0.25, -0.2) is 4.79 Å². The molecule has 3 fully saturated rings. The van der Waals surface area contributed by atoms with Gasteiger partial charge in [-0.1, -0.05) is 19.4 Å². The van der Waals surface area contributed by atoms with Crippen molar-refractivity contribution in [1.29, 1.82) is 0 Å². The maximum Gasteiger partial charge on any atom is 0.328 e. The highest BCUT2D eigenvalue weighted by molar-refractivity contribution is 5.91. The minimum Gasteiger partial charge on any atom is -0.314 e. The van der Waals surface area contributed by atoms with E-state index in [1.54, 1.807) is 0 Å². The zero-order valence-electron chi connectivity index (χ0n) is 18.5. The summed E-state index contributed by atoms with van der Waals surface area (Å²) in [6.45, 7) is 4.51. The second kappa shape index (κ2) is 7.14. The molecule has 6 heteroatoms. The number of hydrogen-bond donors (Lipinski definition) is 1. The average Bonchev–Trinajstić information content (AvgIpc) is 3.08. The quantitative estimate of drug-likeness (QED) is 0.807. The van der Waals surface area contributed by atoms with Crippen LogP contribution < -0.4 is 11.2 Å². The highest BCUT2D eigenvalue weighted by atomic mass is 16.2. The van der Waals surface area contributed by atoms with Crippen molar-refractivity contribution in [3.05, 3.63) is 44.8 Å². The second-order valence-electron chi connectivity index (χ2n) is 10.8. The summed E-state index contributed by atoms with van der Waals surface area (Å²) in [5.74, 6) is 1.89. The van der Waals surface area contributed by atoms with Crippen molar-refractivity contribution >= 4 is 11.6 Å². The Hall–Kier alpha value is -2.24. The molecule has 166 valence electrons. The van der Waals surface area contributed by atoms with Gasteiger partial charge in [0.15, 0.2) is 11.6 Å². The fourth-order valence-corrected chi connectivity index (χ4v) is 7.96. The molecule has 31 heavy (non-hydrogen) atoms. The summed E-state index contributed by atoms with van der Waals surface area (Å²) >= 11 is 0. The van der Waals surface area contributed by atoms with Gasteiger partial charge in [-0.2, -0.15) is 0 Å². The van der Waals surface area contributed by atoms with Gasteiger partial charge in [0.05, 0.1) is 6.54 Å². The summed E-state index contributed by atoms with van der Waals surface area (Å²) < 4.78 is 1.03. The Kier molecular flexibility index (Phi) is 4.76. The maximum atomic E-state index is 13.3. The predicted molar refractivity (Wildman–Crippen MR) is 117 cm³/mol. The largest absolute Gasteiger partial charge is 0.328 e. The Morgan fingerprint density at radius 1 is 1.06 bits per heavy atom. The van der Waals surface area contributed by atoms with Crippen LogP contribution in [0, 0.1) is 34.5 Å². The van der Waals surface area contributed by atoms with E-state index < -0.39 is 11.2 Å². The number of nitrogens with zero attached hydrogens (tertiary/aromatic N) is 1. The summed E-state index contributed by atoms with van der Waals surface area (Å²) in [5.41, 5.74) is 0.487. The summed E-state index contributed by atoms with van der Waals surface area (Å²) in [6, 6.07) is 1.29. The molecule has 0 saturated heterocycles. The summed E-state index contributed by atoms with van der Waals surface area (Å²) in [7, 11) is 0. The first-order valence-electron chi connectivity index (χ1n) is 11.8. The molecular weight excluding hydrogens is 392 g/mol. The van der Waals surface area contributed by atoms with E-state index in [-0.39, 0.29) is 34.9 Å². The number of carbonyl (C=O) groups is 2. The molecule has 1 heterocycles. The third-order valence-electron chi connectivity index (χ3n) is 9.61. The number of fused-ring (bicyclic) bond motifs is 5. The minimum absolute atomic E-state index is 0.0214. The van der Waals surface area contributed by atoms with Crippen molar-refractivity contribution in [3.63, 3.8) is 0 Å². The number of rotatable bonds is 3. The molecule has 4 aliphatic rings. The van der Waals surface area contributed by atoms with Crippen LogP contribution in [0.3, 0.4) is 0 Å². The third-order valence-corrected chi connectivity index (χ3v) is 9.61. The van der Waals surface area contributed by atoms with Crippen molar-refractivity contribution in [2.45, 2.75) is 71.8 Å². The lowest BCUT2D eigenvalue weighted by atomic mass is 9.46. The van der Waals surface area contributed by atoms with Gasteiger partial charge in [0.2, 0.25) is 0 Å². The fraction of sp³-hybridized carbons (Fsp3) is 0.680. The molecule has 3 saturated carbocycles. The van der Waals surface area contributed by atoms with E-state index in [9.17, 15) is 19.2 Å². The van der Waals surface area contributed by atoms with Gasteiger partial charge in [0, 0.05) is 24.6 Å². The average molecular weight is 425 g/mol. The molecule has 5 rings (SSSR count). The molecule has 0 unspecified atom stereocenters. The molecule has 0 spiro atoms. The van der Waals surface area contributed by atoms with Gasteiger partial charge in [-0.3, -0.25) is 19.0 Å². The first-order valence-corrected chi connectivity index (χ1v) is 11.8. The van der Waals surface area contributed by atoms with Gasteiger partial charge in [-0.05, 0) is 79.6 Å². The van der Waals surface area contributed by atoms with E-state index in [1.165, 1.54) is 17.8 Å². The molecule has 6 atom stereocenters. The summed E-state index contributed by atoms with van der Waals surface area (Å²) in [4.78, 5) is 52.0. The first kappa shape index (κ1) is 20.7. The lowest BCUT2D eigenvalue weighted by Gasteiger charge is -2.58. The van der Waals surface area contributed by atoms with E-state index >= 15 is 0 Å². The second-order valence-corrected chi connectivity index (χ2v) is 10.8. The van der Waals surface area contributed by atoms with Crippen LogP contribution in [0.2, 0.25) is 0 Å². The monoisotopic (exact) mass is 424 g/mol. The SMILES string of the molecule is C[C@]12CC[C@H]3[C@@H](CCC4=CC(=O)CC[C@@]43C)[C@@H]1CC[C@@H]2C(=O)Cn1c(=O)cc[nH]c1=O. The zero-order chi connectivity index (χ0) is 22.0. The van der Waals surface area contributed by atoms with Crippen molar-refractivity contribution < 1.29 is 9.59 Å². The van der Waals surface area contributed by atoms with Crippen LogP contribution in [0.5, 0.6) is 0 Å². The Balaban J connectivity index is 1.40. The number of aromatic nitrogens is 2. The number of aromatic amines is 1. The molecule has 1 aromatic rings. The lowest BCUT2D eigenvalue weighted by molar-refractivity contribution is -0.131. The summed E-state index contributed by atoms with van der Waals surface area (Å²) in [5, 5.41) is 0. The van der Waals surface area contributed by atoms with Crippen LogP contribution in [-0.2, 0) is 16.1 Å². The van der Waals surface area contributed by atoms with Crippen LogP contribution in [-0.4, -0.2) is 21.1 Å². The van der Waals surface area contributed by atoms with E-state index in [0.717, 1.165) is 49.5 Å². The number of allylic oxidation sites excluding steroid dienone is 1. The molecule has 0 bridgehead atoms. The van der Waals surface area contributed by atoms with Gasteiger partial charge in [0.25, 0.3) is 5.56 Å². The standard InChI is InChI=1S/C25H32N2O4/c1-24-10-7-16(28)13-15(24)3-4-17-18-5-6-20(25(18,2)11-8-19(17)24)21(29)14-27-22(30)9-12-26-23(27)31/h9,12-13,17-20H,3-8,10-11,14H2,1-2H3,(H,26,31)/t17-,18-,19-,20+,24-,25-/m0/s1. The third kappa shape index (κ3) is 3.05. The molecule has 0 radical (unpaired) electrons. The Labute approximate surface area is 182 Å². The molecule has 1 N–H and O–H groups in total. The van der Waals surface area contributed by atoms with E-state index in [2.05, 4.69) is 18.8 Å². The normalized spacial score (nSPS) is 39.3. The van der Waals surface area contributed by atoms with Crippen LogP contribution >= 0.6 is 0 Å². The molecule has 0 amide bonds. The maximum absolute atomic E-state index is 13.3. The van der Waals surface area contributed by atoms with E-state index in [4.69, 9.17) is 0 Å². The first-order chi connectivity index (χ1) is 14.7. The number of hydrogen-bond acceptors (Lipinski definition) is 4. The van der Waals surface area contributed by atoms with Gasteiger partial charge >= 0.3 is 5.69 Å². The number of H-pyrrole nitrogens is 1. The molecule has 4 aliphatic carbocycles. The molecule has 6 nitrogen and oxygen atoms in total. The van der Waals surface area contributed by atoms with Crippen molar-refractivity contribution in [2.24, 2.45) is 34.5 Å². The van der Waals surface area contributed by atoms with Crippen molar-refractivity contribution in [2.75, 3.05) is 0 Å². The minimum atomic E-state index is -0.518. The topological polar surface area (TPSA) is 89.0 Å². The van der Waals surface area contributed by atoms with Crippen molar-refractivity contribution in [3.8, 4) is 0 Å². The molecular formula is C25H32N2O4. The predicted octanol–water partition coefficient (Wildman–Crippen LogP) is 3.25. The number of ketones is 2. The van der Waals surface area contributed by atoms with E-state index in [1.807, 2.05) is 6.08 Å². The van der Waals surface area contributed by atoms with Gasteiger partial charge in [-0.15, -0.1) is 0 Å². The highest BCUT2D eigenvalue weighted by Gasteiger charge is 2.60. The van der Waals surface area contributed by atoms with Crippen LogP contribution in [0.4, 0.5) is 0 Å². The Morgan fingerprint density at radius 3 is 2.65 bits per heavy atom. The molecule has 0 aromatic carbocycles. The van der Waals surface area contributed by atoms with E-state index in [0.29, 0.717) is 24.2 Å². The number of nitrogens with one attached hydrogen (secondary N) is 1. The fourth-order valence-electron chi connectivity index (χ4n) is 7.96. The smallest absolute Gasteiger partial charge is 0.314 e. The highest BCUT2D eigenvalue weighted by Crippen LogP contribution is 2.66. The Morgan fingerprint density at radius 2 is 1.87 bits per heavy atom. The van der Waals surface area contributed by atoms with Gasteiger partial charge in [0.1, 0.15) is 0 Å². The zero-order valence-corrected chi connectivity index (χ0v) is 18.5. The molecule has 1 aromatic heterocycles. The van der Waals surface area contributed by atoms with Gasteiger partial charge < -0.3 is 4.98 Å². The molecule has 0 aliphatic heterocycles. The van der Waals surface area contributed by atoms with Crippen LogP contribution in [0.15, 0.2) is 33.5 Å². The lowest BCUT2D eigenvalue weighted by Crippen LogP contribution is -2.51. The summed E-state index contributed by atoms with van der Waals surface area (Å²) in [6.07, 6.45) is 11.0.